The lowest BCUT2D eigenvalue weighted by molar-refractivity contribution is 0.305. The molecular formula is C28H24FN5O3. The third-order valence-electron chi connectivity index (χ3n) is 6.60. The van der Waals surface area contributed by atoms with Crippen LogP contribution in [0.15, 0.2) is 64.0 Å². The number of hydrogen-bond donors (Lipinski definition) is 1. The van der Waals surface area contributed by atoms with Crippen LogP contribution in [0.3, 0.4) is 0 Å². The fourth-order valence-electron chi connectivity index (χ4n) is 4.91. The highest BCUT2D eigenvalue weighted by atomic mass is 19.1. The van der Waals surface area contributed by atoms with Gasteiger partial charge in [0.15, 0.2) is 11.5 Å². The summed E-state index contributed by atoms with van der Waals surface area (Å²) in [6, 6.07) is 14.5. The number of ether oxygens (including phenoxy) is 1. The van der Waals surface area contributed by atoms with Gasteiger partial charge in [0.2, 0.25) is 0 Å². The molecule has 186 valence electrons. The summed E-state index contributed by atoms with van der Waals surface area (Å²) >= 11 is 0. The Morgan fingerprint density at radius 3 is 2.84 bits per heavy atom. The van der Waals surface area contributed by atoms with Gasteiger partial charge in [-0.15, -0.1) is 0 Å². The molecule has 0 bridgehead atoms. The molecular weight excluding hydrogens is 473 g/mol. The normalized spacial score (nSPS) is 14.1. The minimum absolute atomic E-state index is 0.260. The van der Waals surface area contributed by atoms with Crippen molar-refractivity contribution in [2.75, 3.05) is 0 Å². The van der Waals surface area contributed by atoms with Crippen molar-refractivity contribution < 1.29 is 13.7 Å². The molecule has 1 aliphatic rings. The predicted octanol–water partition coefficient (Wildman–Crippen LogP) is 5.12. The number of aromatic amines is 1. The fourth-order valence-corrected chi connectivity index (χ4v) is 4.91. The number of hydrogen-bond acceptors (Lipinski definition) is 6. The first-order valence-electron chi connectivity index (χ1n) is 12.1. The zero-order valence-electron chi connectivity index (χ0n) is 20.4. The van der Waals surface area contributed by atoms with E-state index in [1.807, 2.05) is 25.1 Å². The number of nitrogens with one attached hydrogen (secondary N) is 1. The van der Waals surface area contributed by atoms with E-state index in [-0.39, 0.29) is 12.4 Å². The highest BCUT2D eigenvalue weighted by Gasteiger charge is 2.24. The molecule has 3 aromatic heterocycles. The third kappa shape index (κ3) is 4.12. The smallest absolute Gasteiger partial charge is 0.439 e. The molecule has 0 spiro atoms. The Balaban J connectivity index is 1.48. The molecule has 0 fully saturated rings. The van der Waals surface area contributed by atoms with Gasteiger partial charge in [-0.2, -0.15) is 0 Å². The number of aryl methyl sites for hydroxylation is 1. The molecule has 0 saturated heterocycles. The number of halogens is 1. The second-order valence-corrected chi connectivity index (χ2v) is 9.07. The van der Waals surface area contributed by atoms with Crippen molar-refractivity contribution in [2.45, 2.75) is 39.8 Å². The summed E-state index contributed by atoms with van der Waals surface area (Å²) < 4.78 is 27.1. The Morgan fingerprint density at radius 1 is 1.16 bits per heavy atom. The van der Waals surface area contributed by atoms with Crippen LogP contribution in [0.1, 0.15) is 54.2 Å². The molecule has 1 N–H and O–H groups in total. The molecule has 0 saturated carbocycles. The van der Waals surface area contributed by atoms with Gasteiger partial charge >= 0.3 is 5.76 Å². The summed E-state index contributed by atoms with van der Waals surface area (Å²) in [5.41, 5.74) is 6.84. The van der Waals surface area contributed by atoms with Gasteiger partial charge in [-0.1, -0.05) is 24.2 Å². The van der Waals surface area contributed by atoms with Crippen LogP contribution in [-0.2, 0) is 19.6 Å². The van der Waals surface area contributed by atoms with E-state index in [0.717, 1.165) is 52.1 Å². The molecule has 2 aromatic carbocycles. The van der Waals surface area contributed by atoms with Crippen molar-refractivity contribution in [1.29, 1.82) is 0 Å². The van der Waals surface area contributed by atoms with Gasteiger partial charge in [-0.25, -0.2) is 19.2 Å². The van der Waals surface area contributed by atoms with E-state index in [0.29, 0.717) is 29.3 Å². The van der Waals surface area contributed by atoms with E-state index < -0.39 is 5.76 Å². The Kier molecular flexibility index (Phi) is 5.67. The average molecular weight is 498 g/mol. The fraction of sp³-hybridized carbons (Fsp3) is 0.214. The largest absolute Gasteiger partial charge is 0.488 e. The number of benzene rings is 2. The van der Waals surface area contributed by atoms with Crippen LogP contribution in [-0.4, -0.2) is 24.7 Å². The highest BCUT2D eigenvalue weighted by Crippen LogP contribution is 2.41. The predicted molar refractivity (Wildman–Crippen MR) is 137 cm³/mol. The van der Waals surface area contributed by atoms with Crippen molar-refractivity contribution in [3.63, 3.8) is 0 Å². The van der Waals surface area contributed by atoms with E-state index >= 15 is 0 Å². The maximum absolute atomic E-state index is 14.1. The van der Waals surface area contributed by atoms with Gasteiger partial charge in [0.25, 0.3) is 0 Å². The van der Waals surface area contributed by atoms with Gasteiger partial charge in [0, 0.05) is 29.8 Å². The zero-order chi connectivity index (χ0) is 25.5. The van der Waals surface area contributed by atoms with Crippen molar-refractivity contribution >= 4 is 22.3 Å². The lowest BCUT2D eigenvalue weighted by Crippen LogP contribution is -2.07. The molecule has 0 radical (unpaired) electrons. The van der Waals surface area contributed by atoms with Crippen LogP contribution in [0.4, 0.5) is 4.39 Å². The van der Waals surface area contributed by atoms with Crippen LogP contribution < -0.4 is 10.5 Å². The van der Waals surface area contributed by atoms with Gasteiger partial charge in [0.1, 0.15) is 29.5 Å². The van der Waals surface area contributed by atoms with Crippen LogP contribution in [0, 0.1) is 5.82 Å². The van der Waals surface area contributed by atoms with E-state index in [1.165, 1.54) is 12.1 Å². The van der Waals surface area contributed by atoms with E-state index in [9.17, 15) is 9.18 Å². The second-order valence-electron chi connectivity index (χ2n) is 9.07. The molecule has 4 heterocycles. The van der Waals surface area contributed by atoms with E-state index in [2.05, 4.69) is 38.7 Å². The number of rotatable bonds is 5. The van der Waals surface area contributed by atoms with Gasteiger partial charge in [-0.05, 0) is 65.9 Å². The number of H-pyrrole nitrogens is 1. The first-order valence-corrected chi connectivity index (χ1v) is 12.1. The van der Waals surface area contributed by atoms with Crippen LogP contribution >= 0.6 is 0 Å². The Bertz CT molecular complexity index is 1730. The van der Waals surface area contributed by atoms with Crippen LogP contribution in [0.5, 0.6) is 5.75 Å². The molecule has 0 amide bonds. The van der Waals surface area contributed by atoms with Crippen molar-refractivity contribution in [3.8, 4) is 5.75 Å². The van der Waals surface area contributed by atoms with Crippen molar-refractivity contribution in [1.82, 2.24) is 24.7 Å². The van der Waals surface area contributed by atoms with Gasteiger partial charge in [0.05, 0.1) is 6.54 Å². The molecule has 1 aliphatic heterocycles. The Labute approximate surface area is 211 Å². The number of pyridine rings is 1. The first-order chi connectivity index (χ1) is 18.0. The Hall–Kier alpha value is -4.53. The third-order valence-corrected chi connectivity index (χ3v) is 6.60. The number of fused-ring (bicyclic) bond motifs is 3. The second kappa shape index (κ2) is 9.16. The number of nitrogens with zero attached hydrogens (tertiary/aromatic N) is 4. The Morgan fingerprint density at radius 2 is 2.03 bits per heavy atom. The molecule has 0 aliphatic carbocycles. The van der Waals surface area contributed by atoms with Crippen LogP contribution in [0.25, 0.3) is 22.3 Å². The summed E-state index contributed by atoms with van der Waals surface area (Å²) in [7, 11) is 0. The molecule has 8 nitrogen and oxygen atoms in total. The van der Waals surface area contributed by atoms with Crippen molar-refractivity contribution in [3.05, 3.63) is 105 Å². The minimum Gasteiger partial charge on any atom is -0.488 e. The molecule has 6 rings (SSSR count). The SMILES string of the molecule is CCCc1nc2cccnc2n1Cc1ccc2c(c1)COc1cc(F)ccc1/C2=C(/C)c1noc(=O)[nH]1. The highest BCUT2D eigenvalue weighted by molar-refractivity contribution is 5.99. The first kappa shape index (κ1) is 22.9. The molecule has 0 unspecified atom stereocenters. The summed E-state index contributed by atoms with van der Waals surface area (Å²) in [5, 5.41) is 3.88. The van der Waals surface area contributed by atoms with E-state index in [4.69, 9.17) is 14.2 Å². The standard InChI is InChI=1S/C28H24FN5O3/c1-3-5-24-31-22-6-4-11-30-27(22)34(24)14-17-7-9-20-18(12-17)15-36-23-13-19(29)8-10-21(23)25(20)16(2)26-32-28(35)37-33-26/h4,6-13H,3,5,14-15H2,1-2H3,(H,32,33,35)/b25-16-. The zero-order valence-corrected chi connectivity index (χ0v) is 20.4. The van der Waals surface area contributed by atoms with E-state index in [1.54, 1.807) is 12.3 Å². The van der Waals surface area contributed by atoms with Crippen molar-refractivity contribution in [2.24, 2.45) is 0 Å². The summed E-state index contributed by atoms with van der Waals surface area (Å²) in [6.45, 7) is 4.85. The number of aromatic nitrogens is 5. The summed E-state index contributed by atoms with van der Waals surface area (Å²) in [5.74, 6) is 0.705. The quantitative estimate of drug-likeness (QED) is 0.362. The molecule has 37 heavy (non-hydrogen) atoms. The lowest BCUT2D eigenvalue weighted by Gasteiger charge is -2.15. The maximum Gasteiger partial charge on any atom is 0.439 e. The minimum atomic E-state index is -0.640. The summed E-state index contributed by atoms with van der Waals surface area (Å²) in [4.78, 5) is 23.6. The monoisotopic (exact) mass is 497 g/mol. The number of allylic oxidation sites excluding steroid dienone is 1. The topological polar surface area (TPSA) is 98.8 Å². The number of imidazole rings is 1. The molecule has 5 aromatic rings. The molecule has 9 heteroatoms. The maximum atomic E-state index is 14.1. The summed E-state index contributed by atoms with van der Waals surface area (Å²) in [6.07, 6.45) is 3.62. The van der Waals surface area contributed by atoms with Gasteiger partial charge in [-0.3, -0.25) is 9.51 Å². The van der Waals surface area contributed by atoms with Gasteiger partial charge < -0.3 is 9.30 Å². The average Bonchev–Trinajstić information content (AvgIpc) is 3.44. The lowest BCUT2D eigenvalue weighted by atomic mass is 9.89. The van der Waals surface area contributed by atoms with Crippen LogP contribution in [0.2, 0.25) is 0 Å². The molecule has 0 atom stereocenters.